The highest BCUT2D eigenvalue weighted by molar-refractivity contribution is 7.15. The first kappa shape index (κ1) is 38.3. The van der Waals surface area contributed by atoms with Gasteiger partial charge in [0.25, 0.3) is 0 Å². The predicted octanol–water partition coefficient (Wildman–Crippen LogP) is 10.1. The van der Waals surface area contributed by atoms with Crippen LogP contribution in [0.4, 0.5) is 17.6 Å². The molecule has 1 aliphatic rings. The highest BCUT2D eigenvalue weighted by Gasteiger charge is 2.32. The highest BCUT2D eigenvalue weighted by atomic mass is 32.1. The van der Waals surface area contributed by atoms with Gasteiger partial charge in [-0.05, 0) is 86.5 Å². The minimum absolute atomic E-state index is 0.000000000000000222. The molecule has 2 aromatic carbocycles. The van der Waals surface area contributed by atoms with Gasteiger partial charge >= 0.3 is 12.1 Å². The summed E-state index contributed by atoms with van der Waals surface area (Å²) >= 11 is 0.898. The summed E-state index contributed by atoms with van der Waals surface area (Å²) in [5.74, 6) is 0.158. The molecule has 0 aliphatic heterocycles. The van der Waals surface area contributed by atoms with Crippen LogP contribution in [0.5, 0.6) is 11.5 Å². The number of aromatic nitrogens is 1. The Morgan fingerprint density at radius 1 is 0.957 bits per heavy atom. The number of hydrogen-bond acceptors (Lipinski definition) is 6. The molecule has 1 N–H and O–H groups in total. The van der Waals surface area contributed by atoms with Crippen molar-refractivity contribution in [2.75, 3.05) is 33.9 Å². The van der Waals surface area contributed by atoms with Crippen LogP contribution in [0.1, 0.15) is 97.8 Å². The Morgan fingerprint density at radius 2 is 1.62 bits per heavy atom. The van der Waals surface area contributed by atoms with Gasteiger partial charge in [0.1, 0.15) is 5.82 Å². The first-order valence-electron chi connectivity index (χ1n) is 16.5. The second-order valence-electron chi connectivity index (χ2n) is 12.1. The summed E-state index contributed by atoms with van der Waals surface area (Å²) < 4.78 is 62.0. The summed E-state index contributed by atoms with van der Waals surface area (Å²) in [4.78, 5) is 17.4. The number of carboxylic acid groups (broad SMARTS) is 1. The van der Waals surface area contributed by atoms with Gasteiger partial charge in [-0.1, -0.05) is 57.9 Å². The third kappa shape index (κ3) is 13.1. The van der Waals surface area contributed by atoms with Crippen molar-refractivity contribution in [2.24, 2.45) is 5.92 Å². The molecule has 0 bridgehead atoms. The average molecular weight is 681 g/mol. The zero-order valence-corrected chi connectivity index (χ0v) is 28.7. The molecule has 4 rings (SSSR count). The minimum Gasteiger partial charge on any atom is -0.493 e. The molecule has 0 saturated heterocycles. The van der Waals surface area contributed by atoms with Crippen LogP contribution >= 0.6 is 11.3 Å². The number of halogens is 4. The van der Waals surface area contributed by atoms with Crippen LogP contribution in [0.2, 0.25) is 0 Å². The lowest BCUT2D eigenvalue weighted by Gasteiger charge is -2.22. The second-order valence-corrected chi connectivity index (χ2v) is 13.3. The fourth-order valence-corrected chi connectivity index (χ4v) is 6.30. The number of benzene rings is 2. The Balaban J connectivity index is 0.000000267. The molecule has 1 fully saturated rings. The fourth-order valence-electron chi connectivity index (χ4n) is 5.40. The summed E-state index contributed by atoms with van der Waals surface area (Å²) in [6.07, 6.45) is 10.4. The number of rotatable bonds is 18. The Labute approximate surface area is 280 Å². The number of carboxylic acids is 1. The van der Waals surface area contributed by atoms with E-state index in [2.05, 4.69) is 28.9 Å². The lowest BCUT2D eigenvalue weighted by molar-refractivity contribution is -0.137. The van der Waals surface area contributed by atoms with Crippen LogP contribution in [-0.4, -0.2) is 54.8 Å². The number of hydrogen-bond donors (Lipinski definition) is 1. The Hall–Kier alpha value is -3.18. The number of alkyl halides is 3. The molecule has 0 radical (unpaired) electrons. The SMILES string of the molecule is CCCCCCCCCCN(CCc1ccc(OC)c(OC)c1)CC1CC1.Cc1nc(C(=O)O)c(-c2cc(F)cc(C(F)(F)F)c2)s1. The van der Waals surface area contributed by atoms with Gasteiger partial charge in [-0.25, -0.2) is 14.2 Å². The van der Waals surface area contributed by atoms with Crippen molar-refractivity contribution < 1.29 is 36.9 Å². The van der Waals surface area contributed by atoms with Crippen molar-refractivity contribution in [3.63, 3.8) is 0 Å². The van der Waals surface area contributed by atoms with E-state index in [1.54, 1.807) is 14.2 Å². The first-order chi connectivity index (χ1) is 22.4. The summed E-state index contributed by atoms with van der Waals surface area (Å²) in [5.41, 5.74) is -0.370. The van der Waals surface area contributed by atoms with Crippen LogP contribution in [0.15, 0.2) is 36.4 Å². The lowest BCUT2D eigenvalue weighted by Crippen LogP contribution is -2.29. The normalized spacial score (nSPS) is 13.0. The van der Waals surface area contributed by atoms with Crippen molar-refractivity contribution in [1.82, 2.24) is 9.88 Å². The molecular formula is C36H48F4N2O4S. The van der Waals surface area contributed by atoms with Crippen LogP contribution < -0.4 is 9.47 Å². The molecule has 1 aliphatic carbocycles. The van der Waals surface area contributed by atoms with Crippen molar-refractivity contribution in [2.45, 2.75) is 90.7 Å². The topological polar surface area (TPSA) is 71.9 Å². The molecular weight excluding hydrogens is 632 g/mol. The van der Waals surface area contributed by atoms with E-state index in [4.69, 9.17) is 14.6 Å². The van der Waals surface area contributed by atoms with E-state index in [0.29, 0.717) is 17.1 Å². The van der Waals surface area contributed by atoms with Crippen LogP contribution in [0.25, 0.3) is 10.4 Å². The van der Waals surface area contributed by atoms with E-state index in [0.717, 1.165) is 47.8 Å². The third-order valence-electron chi connectivity index (χ3n) is 8.13. The number of carbonyl (C=O) groups is 1. The molecule has 0 spiro atoms. The van der Waals surface area contributed by atoms with Gasteiger partial charge in [0, 0.05) is 13.1 Å². The monoisotopic (exact) mass is 680 g/mol. The maximum absolute atomic E-state index is 13.3. The summed E-state index contributed by atoms with van der Waals surface area (Å²) in [5, 5.41) is 9.34. The number of aryl methyl sites for hydroxylation is 1. The van der Waals surface area contributed by atoms with Gasteiger partial charge < -0.3 is 19.5 Å². The average Bonchev–Trinajstić information content (AvgIpc) is 3.77. The zero-order chi connectivity index (χ0) is 34.4. The van der Waals surface area contributed by atoms with E-state index in [1.807, 2.05) is 6.07 Å². The van der Waals surface area contributed by atoms with Crippen molar-refractivity contribution in [1.29, 1.82) is 0 Å². The van der Waals surface area contributed by atoms with Crippen LogP contribution in [-0.2, 0) is 12.6 Å². The molecule has 260 valence electrons. The standard InChI is InChI=1S/C24H41NO2.C12H7F4NO2S/c1-4-5-6-7-8-9-10-11-17-25(20-22-12-13-22)18-16-21-14-15-23(26-2)24(19-21)27-3;1-5-17-9(11(18)19)10(20-5)6-2-7(12(14,15)16)4-8(13)3-6/h14-15,19,22H,4-13,16-18,20H2,1-3H3;2-4H,1H3,(H,18,19). The van der Waals surface area contributed by atoms with Gasteiger partial charge in [-0.3, -0.25) is 0 Å². The number of nitrogens with zero attached hydrogens (tertiary/aromatic N) is 2. The largest absolute Gasteiger partial charge is 0.493 e. The number of unbranched alkanes of at least 4 members (excludes halogenated alkanes) is 7. The van der Waals surface area contributed by atoms with Gasteiger partial charge in [0.15, 0.2) is 17.2 Å². The number of ether oxygens (including phenoxy) is 2. The van der Waals surface area contributed by atoms with E-state index in [-0.39, 0.29) is 16.1 Å². The summed E-state index contributed by atoms with van der Waals surface area (Å²) in [6, 6.07) is 8.25. The first-order valence-corrected chi connectivity index (χ1v) is 17.3. The Kier molecular flexibility index (Phi) is 15.5. The smallest absolute Gasteiger partial charge is 0.416 e. The van der Waals surface area contributed by atoms with E-state index >= 15 is 0 Å². The predicted molar refractivity (Wildman–Crippen MR) is 179 cm³/mol. The van der Waals surface area contributed by atoms with E-state index in [9.17, 15) is 22.4 Å². The van der Waals surface area contributed by atoms with Gasteiger partial charge in [0.05, 0.1) is 29.7 Å². The molecule has 1 heterocycles. The summed E-state index contributed by atoms with van der Waals surface area (Å²) in [6.45, 7) is 7.52. The maximum atomic E-state index is 13.3. The Bertz CT molecular complexity index is 1410. The van der Waals surface area contributed by atoms with E-state index in [1.165, 1.54) is 89.8 Å². The quantitative estimate of drug-likeness (QED) is 0.107. The number of methoxy groups -OCH3 is 2. The van der Waals surface area contributed by atoms with E-state index < -0.39 is 23.5 Å². The zero-order valence-electron chi connectivity index (χ0n) is 27.9. The van der Waals surface area contributed by atoms with Crippen LogP contribution in [0, 0.1) is 18.7 Å². The molecule has 0 unspecified atom stereocenters. The van der Waals surface area contributed by atoms with Crippen LogP contribution in [0.3, 0.4) is 0 Å². The summed E-state index contributed by atoms with van der Waals surface area (Å²) in [7, 11) is 3.40. The Morgan fingerprint density at radius 3 is 2.21 bits per heavy atom. The van der Waals surface area contributed by atoms with Crippen molar-refractivity contribution in [3.05, 3.63) is 64.0 Å². The van der Waals surface area contributed by atoms with Gasteiger partial charge in [-0.2, -0.15) is 13.2 Å². The van der Waals surface area contributed by atoms with Gasteiger partial charge in [0.2, 0.25) is 0 Å². The third-order valence-corrected chi connectivity index (χ3v) is 9.15. The number of thiazole rings is 1. The number of aromatic carboxylic acids is 1. The molecule has 47 heavy (non-hydrogen) atoms. The molecule has 6 nitrogen and oxygen atoms in total. The fraction of sp³-hybridized carbons (Fsp3) is 0.556. The van der Waals surface area contributed by atoms with Crippen molar-refractivity contribution >= 4 is 17.3 Å². The molecule has 0 atom stereocenters. The molecule has 0 amide bonds. The highest BCUT2D eigenvalue weighted by Crippen LogP contribution is 2.36. The second kappa shape index (κ2) is 19.0. The minimum atomic E-state index is -4.71. The molecule has 11 heteroatoms. The molecule has 3 aromatic rings. The van der Waals surface area contributed by atoms with Gasteiger partial charge in [-0.15, -0.1) is 11.3 Å². The molecule has 1 saturated carbocycles. The van der Waals surface area contributed by atoms with Crippen molar-refractivity contribution in [3.8, 4) is 21.9 Å². The molecule has 1 aromatic heterocycles. The maximum Gasteiger partial charge on any atom is 0.416 e. The lowest BCUT2D eigenvalue weighted by atomic mass is 10.1.